The quantitative estimate of drug-likeness (QED) is 0.631. The van der Waals surface area contributed by atoms with Crippen LogP contribution in [0.5, 0.6) is 11.5 Å². The Hall–Kier alpha value is -3.13. The fraction of sp³-hybridized carbons (Fsp3) is 0.435. The van der Waals surface area contributed by atoms with Crippen molar-refractivity contribution in [2.75, 3.05) is 33.9 Å². The van der Waals surface area contributed by atoms with Crippen LogP contribution in [0.3, 0.4) is 0 Å². The standard InChI is InChI=1S/C23H30N4O4/c1-16-5-4-7-24-20(16)6-8-25-22(28)14-21-23(29)26-9-10-27(21)15-17-11-18(30-2)13-19(12-17)31-3/h4-5,7,11-13,21H,6,8-10,14-15H2,1-3H3,(H,25,28)(H,26,29)/t21-/m1/s1. The van der Waals surface area contributed by atoms with E-state index in [-0.39, 0.29) is 18.2 Å². The van der Waals surface area contributed by atoms with Crippen LogP contribution >= 0.6 is 0 Å². The van der Waals surface area contributed by atoms with Gasteiger partial charge in [0.2, 0.25) is 11.8 Å². The van der Waals surface area contributed by atoms with E-state index in [1.807, 2.05) is 36.1 Å². The molecule has 1 aromatic carbocycles. The van der Waals surface area contributed by atoms with Crippen molar-refractivity contribution in [2.45, 2.75) is 32.4 Å². The number of ether oxygens (including phenoxy) is 2. The summed E-state index contributed by atoms with van der Waals surface area (Å²) in [5.74, 6) is 1.10. The van der Waals surface area contributed by atoms with E-state index in [1.165, 1.54) is 0 Å². The van der Waals surface area contributed by atoms with E-state index in [1.54, 1.807) is 26.5 Å². The highest BCUT2D eigenvalue weighted by Gasteiger charge is 2.31. The molecule has 2 amide bonds. The number of benzene rings is 1. The lowest BCUT2D eigenvalue weighted by Gasteiger charge is -2.34. The minimum absolute atomic E-state index is 0.105. The first-order chi connectivity index (χ1) is 15.0. The summed E-state index contributed by atoms with van der Waals surface area (Å²) in [6.07, 6.45) is 2.51. The average Bonchev–Trinajstić information content (AvgIpc) is 2.77. The lowest BCUT2D eigenvalue weighted by molar-refractivity contribution is -0.134. The summed E-state index contributed by atoms with van der Waals surface area (Å²) in [6.45, 7) is 4.22. The summed E-state index contributed by atoms with van der Waals surface area (Å²) in [6, 6.07) is 9.01. The third-order valence-corrected chi connectivity index (χ3v) is 5.42. The summed E-state index contributed by atoms with van der Waals surface area (Å²) in [5, 5.41) is 5.79. The molecule has 1 saturated heterocycles. The van der Waals surface area contributed by atoms with Crippen molar-refractivity contribution in [3.05, 3.63) is 53.3 Å². The largest absolute Gasteiger partial charge is 0.497 e. The number of amides is 2. The first-order valence-electron chi connectivity index (χ1n) is 10.4. The number of aryl methyl sites for hydroxylation is 1. The van der Waals surface area contributed by atoms with Crippen LogP contribution < -0.4 is 20.1 Å². The van der Waals surface area contributed by atoms with Crippen LogP contribution in [0.25, 0.3) is 0 Å². The van der Waals surface area contributed by atoms with Gasteiger partial charge in [0, 0.05) is 50.6 Å². The van der Waals surface area contributed by atoms with E-state index >= 15 is 0 Å². The van der Waals surface area contributed by atoms with E-state index in [2.05, 4.69) is 15.6 Å². The number of hydrogen-bond donors (Lipinski definition) is 2. The van der Waals surface area contributed by atoms with Gasteiger partial charge in [0.15, 0.2) is 0 Å². The molecule has 1 aliphatic rings. The molecule has 2 N–H and O–H groups in total. The molecule has 166 valence electrons. The van der Waals surface area contributed by atoms with Gasteiger partial charge in [-0.15, -0.1) is 0 Å². The maximum absolute atomic E-state index is 12.6. The maximum atomic E-state index is 12.6. The van der Waals surface area contributed by atoms with Crippen LogP contribution in [0.2, 0.25) is 0 Å². The molecule has 1 aliphatic heterocycles. The number of rotatable bonds is 9. The summed E-state index contributed by atoms with van der Waals surface area (Å²) in [4.78, 5) is 31.4. The molecule has 8 heteroatoms. The van der Waals surface area contributed by atoms with Gasteiger partial charge in [-0.25, -0.2) is 0 Å². The number of carbonyl (C=O) groups excluding carboxylic acids is 2. The van der Waals surface area contributed by atoms with Crippen molar-refractivity contribution in [3.8, 4) is 11.5 Å². The predicted octanol–water partition coefficient (Wildman–Crippen LogP) is 1.46. The van der Waals surface area contributed by atoms with Crippen LogP contribution in [0.15, 0.2) is 36.5 Å². The smallest absolute Gasteiger partial charge is 0.237 e. The number of nitrogens with one attached hydrogen (secondary N) is 2. The summed E-state index contributed by atoms with van der Waals surface area (Å²) >= 11 is 0. The van der Waals surface area contributed by atoms with Crippen LogP contribution in [-0.4, -0.2) is 61.6 Å². The summed E-state index contributed by atoms with van der Waals surface area (Å²) in [5.41, 5.74) is 3.03. The minimum Gasteiger partial charge on any atom is -0.497 e. The molecule has 0 bridgehead atoms. The molecule has 0 saturated carbocycles. The third kappa shape index (κ3) is 6.18. The van der Waals surface area contributed by atoms with Crippen LogP contribution in [-0.2, 0) is 22.6 Å². The molecule has 0 spiro atoms. The zero-order chi connectivity index (χ0) is 22.2. The fourth-order valence-electron chi connectivity index (χ4n) is 3.71. The number of aromatic nitrogens is 1. The number of pyridine rings is 1. The lowest BCUT2D eigenvalue weighted by atomic mass is 10.1. The molecule has 1 fully saturated rings. The molecule has 0 unspecified atom stereocenters. The SMILES string of the molecule is COc1cc(CN2CCNC(=O)[C@H]2CC(=O)NCCc2ncccc2C)cc(OC)c1. The summed E-state index contributed by atoms with van der Waals surface area (Å²) in [7, 11) is 3.21. The van der Waals surface area contributed by atoms with E-state index in [4.69, 9.17) is 9.47 Å². The van der Waals surface area contributed by atoms with Crippen molar-refractivity contribution in [2.24, 2.45) is 0 Å². The second-order valence-corrected chi connectivity index (χ2v) is 7.57. The Morgan fingerprint density at radius 3 is 2.68 bits per heavy atom. The first-order valence-corrected chi connectivity index (χ1v) is 10.4. The fourth-order valence-corrected chi connectivity index (χ4v) is 3.71. The lowest BCUT2D eigenvalue weighted by Crippen LogP contribution is -2.56. The second-order valence-electron chi connectivity index (χ2n) is 7.57. The third-order valence-electron chi connectivity index (χ3n) is 5.42. The zero-order valence-corrected chi connectivity index (χ0v) is 18.3. The van der Waals surface area contributed by atoms with Crippen molar-refractivity contribution in [3.63, 3.8) is 0 Å². The van der Waals surface area contributed by atoms with Gasteiger partial charge in [-0.1, -0.05) is 6.07 Å². The van der Waals surface area contributed by atoms with Crippen molar-refractivity contribution < 1.29 is 19.1 Å². The Balaban J connectivity index is 1.60. The molecule has 31 heavy (non-hydrogen) atoms. The van der Waals surface area contributed by atoms with Gasteiger partial charge in [0.05, 0.1) is 26.7 Å². The van der Waals surface area contributed by atoms with Gasteiger partial charge in [-0.05, 0) is 36.2 Å². The van der Waals surface area contributed by atoms with Gasteiger partial charge in [-0.3, -0.25) is 19.5 Å². The van der Waals surface area contributed by atoms with Gasteiger partial charge in [-0.2, -0.15) is 0 Å². The summed E-state index contributed by atoms with van der Waals surface area (Å²) < 4.78 is 10.7. The van der Waals surface area contributed by atoms with Crippen molar-refractivity contribution in [1.29, 1.82) is 0 Å². The molecule has 1 atom stereocenters. The highest BCUT2D eigenvalue weighted by molar-refractivity contribution is 5.88. The molecule has 2 aromatic rings. The molecule has 3 rings (SSSR count). The van der Waals surface area contributed by atoms with Crippen LogP contribution in [0.1, 0.15) is 23.2 Å². The van der Waals surface area contributed by atoms with Gasteiger partial charge in [0.1, 0.15) is 11.5 Å². The Morgan fingerprint density at radius 1 is 1.26 bits per heavy atom. The van der Waals surface area contributed by atoms with Gasteiger partial charge >= 0.3 is 0 Å². The van der Waals surface area contributed by atoms with E-state index in [9.17, 15) is 9.59 Å². The highest BCUT2D eigenvalue weighted by atomic mass is 16.5. The Kier molecular flexibility index (Phi) is 7.83. The normalized spacial score (nSPS) is 16.5. The van der Waals surface area contributed by atoms with Crippen LogP contribution in [0, 0.1) is 6.92 Å². The van der Waals surface area contributed by atoms with Gasteiger partial charge in [0.25, 0.3) is 0 Å². The first kappa shape index (κ1) is 22.6. The molecule has 8 nitrogen and oxygen atoms in total. The molecular weight excluding hydrogens is 396 g/mol. The predicted molar refractivity (Wildman–Crippen MR) is 117 cm³/mol. The second kappa shape index (κ2) is 10.8. The van der Waals surface area contributed by atoms with Gasteiger partial charge < -0.3 is 20.1 Å². The molecule has 0 radical (unpaired) electrons. The minimum atomic E-state index is -0.525. The molecule has 2 heterocycles. The monoisotopic (exact) mass is 426 g/mol. The Bertz CT molecular complexity index is 896. The molecular formula is C23H30N4O4. The Morgan fingerprint density at radius 2 is 2.00 bits per heavy atom. The highest BCUT2D eigenvalue weighted by Crippen LogP contribution is 2.24. The molecule has 0 aliphatic carbocycles. The van der Waals surface area contributed by atoms with Crippen LogP contribution in [0.4, 0.5) is 0 Å². The number of nitrogens with zero attached hydrogens (tertiary/aromatic N) is 2. The van der Waals surface area contributed by atoms with E-state index < -0.39 is 6.04 Å². The van der Waals surface area contributed by atoms with E-state index in [0.29, 0.717) is 44.1 Å². The molecule has 1 aromatic heterocycles. The topological polar surface area (TPSA) is 92.8 Å². The zero-order valence-electron chi connectivity index (χ0n) is 18.3. The number of methoxy groups -OCH3 is 2. The van der Waals surface area contributed by atoms with Crippen molar-refractivity contribution in [1.82, 2.24) is 20.5 Å². The number of hydrogen-bond acceptors (Lipinski definition) is 6. The number of carbonyl (C=O) groups is 2. The number of piperazine rings is 1. The van der Waals surface area contributed by atoms with E-state index in [0.717, 1.165) is 16.8 Å². The maximum Gasteiger partial charge on any atom is 0.237 e. The Labute approximate surface area is 182 Å². The average molecular weight is 427 g/mol. The van der Waals surface area contributed by atoms with Crippen molar-refractivity contribution >= 4 is 11.8 Å².